The van der Waals surface area contributed by atoms with E-state index in [2.05, 4.69) is 36.8 Å². The second-order valence-corrected chi connectivity index (χ2v) is 11.4. The highest BCUT2D eigenvalue weighted by atomic mass is 16.5. The molecule has 1 saturated heterocycles. The molecule has 4 N–H and O–H groups in total. The monoisotopic (exact) mass is 641 g/mol. The molecule has 3 aromatic heterocycles. The number of rotatable bonds is 11. The Bertz CT molecular complexity index is 1610. The molecular formula is C33H43N11O3. The minimum absolute atomic E-state index is 0.247. The van der Waals surface area contributed by atoms with Crippen LogP contribution >= 0.6 is 0 Å². The molecule has 14 heteroatoms. The molecular weight excluding hydrogens is 598 g/mol. The molecule has 2 fully saturated rings. The normalized spacial score (nSPS) is 15.8. The number of nitrogens with two attached hydrogens (primary N) is 1. The Morgan fingerprint density at radius 1 is 1.15 bits per heavy atom. The third kappa shape index (κ3) is 9.74. The third-order valence-corrected chi connectivity index (χ3v) is 7.75. The molecule has 1 aliphatic carbocycles. The van der Waals surface area contributed by atoms with Crippen LogP contribution in [0.2, 0.25) is 0 Å². The first-order valence-electron chi connectivity index (χ1n) is 16.0. The smallest absolute Gasteiger partial charge is 0.257 e. The Morgan fingerprint density at radius 3 is 2.57 bits per heavy atom. The van der Waals surface area contributed by atoms with E-state index < -0.39 is 0 Å². The second kappa shape index (κ2) is 17.1. The zero-order chi connectivity index (χ0) is 32.8. The summed E-state index contributed by atoms with van der Waals surface area (Å²) in [6.45, 7) is 6.40. The van der Waals surface area contributed by atoms with Gasteiger partial charge >= 0.3 is 0 Å². The van der Waals surface area contributed by atoms with Gasteiger partial charge < -0.3 is 30.6 Å². The molecule has 1 aromatic carbocycles. The van der Waals surface area contributed by atoms with Gasteiger partial charge in [-0.15, -0.1) is 5.10 Å². The summed E-state index contributed by atoms with van der Waals surface area (Å²) in [4.78, 5) is 13.1. The van der Waals surface area contributed by atoms with Gasteiger partial charge in [-0.3, -0.25) is 14.4 Å². The summed E-state index contributed by atoms with van der Waals surface area (Å²) in [5.74, 6) is 1.37. The van der Waals surface area contributed by atoms with E-state index in [0.29, 0.717) is 48.0 Å². The molecule has 47 heavy (non-hydrogen) atoms. The first kappa shape index (κ1) is 33.4. The zero-order valence-corrected chi connectivity index (χ0v) is 27.0. The van der Waals surface area contributed by atoms with Crippen LogP contribution in [0.15, 0.2) is 54.0 Å². The minimum atomic E-state index is -0.247. The molecule has 248 valence electrons. The maximum absolute atomic E-state index is 9.52. The molecule has 0 bridgehead atoms. The van der Waals surface area contributed by atoms with E-state index >= 15 is 0 Å². The van der Waals surface area contributed by atoms with Gasteiger partial charge in [-0.05, 0) is 43.5 Å². The van der Waals surface area contributed by atoms with Gasteiger partial charge in [0.2, 0.25) is 5.95 Å². The van der Waals surface area contributed by atoms with Crippen LogP contribution in [0.4, 0.5) is 11.6 Å². The van der Waals surface area contributed by atoms with Crippen LogP contribution in [0.1, 0.15) is 56.3 Å². The van der Waals surface area contributed by atoms with E-state index in [1.165, 1.54) is 25.6 Å². The highest BCUT2D eigenvalue weighted by molar-refractivity contribution is 5.67. The first-order valence-corrected chi connectivity index (χ1v) is 16.0. The lowest BCUT2D eigenvalue weighted by Gasteiger charge is -2.21. The summed E-state index contributed by atoms with van der Waals surface area (Å²) >= 11 is 0. The van der Waals surface area contributed by atoms with Crippen LogP contribution in [0.25, 0.3) is 11.1 Å². The molecule has 4 aromatic rings. The van der Waals surface area contributed by atoms with Gasteiger partial charge in [0.15, 0.2) is 0 Å². The number of anilines is 2. The second-order valence-electron chi connectivity index (χ2n) is 11.4. The van der Waals surface area contributed by atoms with Crippen molar-refractivity contribution in [3.05, 3.63) is 60.3 Å². The molecule has 0 amide bonds. The molecule has 1 aliphatic heterocycles. The number of nitriles is 1. The summed E-state index contributed by atoms with van der Waals surface area (Å²) in [7, 11) is 1.88. The van der Waals surface area contributed by atoms with Crippen LogP contribution in [-0.4, -0.2) is 74.8 Å². The maximum atomic E-state index is 9.52. The Kier molecular flexibility index (Phi) is 12.1. The van der Waals surface area contributed by atoms with Crippen molar-refractivity contribution < 1.29 is 14.2 Å². The predicted octanol–water partition coefficient (Wildman–Crippen LogP) is 4.13. The summed E-state index contributed by atoms with van der Waals surface area (Å²) in [6.07, 6.45) is 14.2. The Balaban J connectivity index is 0.000000650. The average molecular weight is 642 g/mol. The fourth-order valence-electron chi connectivity index (χ4n) is 5.32. The molecule has 6 rings (SSSR count). The molecule has 2 aliphatic rings. The summed E-state index contributed by atoms with van der Waals surface area (Å²) in [5.41, 5.74) is 8.89. The number of benzene rings is 1. The van der Waals surface area contributed by atoms with Gasteiger partial charge in [0.25, 0.3) is 5.88 Å². The van der Waals surface area contributed by atoms with Crippen molar-refractivity contribution in [1.82, 2.24) is 34.8 Å². The van der Waals surface area contributed by atoms with E-state index in [1.54, 1.807) is 23.1 Å². The number of aromatic nitrogens is 6. The highest BCUT2D eigenvalue weighted by Crippen LogP contribution is 2.33. The lowest BCUT2D eigenvalue weighted by Crippen LogP contribution is -2.30. The van der Waals surface area contributed by atoms with Crippen LogP contribution in [0, 0.1) is 11.3 Å². The van der Waals surface area contributed by atoms with E-state index in [0.717, 1.165) is 56.0 Å². The van der Waals surface area contributed by atoms with Crippen molar-refractivity contribution in [2.45, 2.75) is 57.8 Å². The lowest BCUT2D eigenvalue weighted by atomic mass is 9.96. The zero-order valence-electron chi connectivity index (χ0n) is 27.0. The van der Waals surface area contributed by atoms with Gasteiger partial charge in [-0.25, -0.2) is 9.97 Å². The van der Waals surface area contributed by atoms with Gasteiger partial charge in [0, 0.05) is 44.3 Å². The van der Waals surface area contributed by atoms with Gasteiger partial charge in [0.05, 0.1) is 49.6 Å². The first-order chi connectivity index (χ1) is 23.0. The molecule has 4 heterocycles. The number of hydrogen-bond acceptors (Lipinski definition) is 11. The minimum Gasteiger partial charge on any atom is -0.487 e. The number of nitrogens with one attached hydrogen (secondary N) is 2. The summed E-state index contributed by atoms with van der Waals surface area (Å²) in [6, 6.07) is 9.81. The number of nitrogens with zero attached hydrogens (tertiary/aromatic N) is 8. The van der Waals surface area contributed by atoms with Crippen molar-refractivity contribution in [3.63, 3.8) is 0 Å². The quantitative estimate of drug-likeness (QED) is 0.159. The largest absolute Gasteiger partial charge is 0.487 e. The number of morpholine rings is 1. The van der Waals surface area contributed by atoms with E-state index in [1.807, 2.05) is 49.2 Å². The fraction of sp³-hybridized carbons (Fsp3) is 0.455. The maximum Gasteiger partial charge on any atom is 0.257 e. The number of hydrogen-bond donors (Lipinski definition) is 3. The van der Waals surface area contributed by atoms with Crippen LogP contribution in [0.3, 0.4) is 0 Å². The Hall–Kier alpha value is -5.00. The number of aliphatic imine (C=N–C) groups is 1. The van der Waals surface area contributed by atoms with Crippen LogP contribution < -0.4 is 25.8 Å². The number of ether oxygens (including phenoxy) is 3. The third-order valence-electron chi connectivity index (χ3n) is 7.75. The lowest BCUT2D eigenvalue weighted by molar-refractivity contribution is 0.109. The Labute approximate surface area is 275 Å². The van der Waals surface area contributed by atoms with Crippen LogP contribution in [-0.2, 0) is 18.4 Å². The van der Waals surface area contributed by atoms with E-state index in [-0.39, 0.29) is 6.10 Å². The van der Waals surface area contributed by atoms with Crippen LogP contribution in [0.5, 0.6) is 11.6 Å². The summed E-state index contributed by atoms with van der Waals surface area (Å²) < 4.78 is 20.8. The molecule has 0 radical (unpaired) electrons. The average Bonchev–Trinajstić information content (AvgIpc) is 3.73. The predicted molar refractivity (Wildman–Crippen MR) is 179 cm³/mol. The fourth-order valence-corrected chi connectivity index (χ4v) is 5.32. The molecule has 1 atom stereocenters. The highest BCUT2D eigenvalue weighted by Gasteiger charge is 2.21. The molecule has 0 unspecified atom stereocenters. The molecule has 1 saturated carbocycles. The topological polar surface area (TPSA) is 175 Å². The van der Waals surface area contributed by atoms with Crippen molar-refractivity contribution >= 4 is 18.0 Å². The van der Waals surface area contributed by atoms with E-state index in [9.17, 15) is 5.26 Å². The molecule has 14 nitrogen and oxygen atoms in total. The van der Waals surface area contributed by atoms with Crippen molar-refractivity contribution in [1.29, 1.82) is 5.26 Å². The molecule has 0 spiro atoms. The van der Waals surface area contributed by atoms with Crippen molar-refractivity contribution in [2.24, 2.45) is 17.8 Å². The standard InChI is InChI=1S/C29H34N10O2.C4H9NO/c1-20(14-32-19-31)41-27-12-21(8-9-22(27)13-30)23-15-33-29(34-16-23)35-26-17-39(25-6-4-3-5-7-25)37-28(26)40-18-24-10-11-38(2)36-24;1-3-6-4-2-5-1/h8-12,15-17,19-20,25H,3-7,14,18H2,1-2H3,(H2,31,32)(H,33,34,35);5H,1-4H2/t20-;/m0./s1. The van der Waals surface area contributed by atoms with Gasteiger partial charge in [-0.1, -0.05) is 25.3 Å². The van der Waals surface area contributed by atoms with Gasteiger partial charge in [-0.2, -0.15) is 10.4 Å². The van der Waals surface area contributed by atoms with Crippen molar-refractivity contribution in [3.8, 4) is 28.8 Å². The SMILES string of the molecule is C1COCCN1.C[C@@H](CN=CN)Oc1cc(-c2cnc(Nc3cn(C4CCCCC4)nc3OCc3ccn(C)n3)nc2)ccc1C#N. The van der Waals surface area contributed by atoms with Crippen molar-refractivity contribution in [2.75, 3.05) is 38.2 Å². The summed E-state index contributed by atoms with van der Waals surface area (Å²) in [5, 5.41) is 25.1. The van der Waals surface area contributed by atoms with Gasteiger partial charge in [0.1, 0.15) is 30.2 Å². The van der Waals surface area contributed by atoms with E-state index in [4.69, 9.17) is 25.0 Å². The Morgan fingerprint density at radius 2 is 1.94 bits per heavy atom. The number of aryl methyl sites for hydroxylation is 1.